The van der Waals surface area contributed by atoms with Crippen molar-refractivity contribution in [3.05, 3.63) is 28.8 Å². The van der Waals surface area contributed by atoms with E-state index >= 15 is 0 Å². The van der Waals surface area contributed by atoms with Crippen molar-refractivity contribution in [2.45, 2.75) is 12.1 Å². The number of benzene rings is 1. The Morgan fingerprint density at radius 1 is 1.16 bits per heavy atom. The minimum Gasteiger partial charge on any atom is -0.491 e. The summed E-state index contributed by atoms with van der Waals surface area (Å²) in [6, 6.07) is -2.16. The van der Waals surface area contributed by atoms with E-state index in [1.54, 1.807) is 0 Å². The van der Waals surface area contributed by atoms with Crippen molar-refractivity contribution in [2.24, 2.45) is 5.73 Å². The molecular weight excluding hydrogens is 274 g/mol. The van der Waals surface area contributed by atoms with E-state index in [0.29, 0.717) is 0 Å². The number of aliphatic hydroxyl groups is 1. The van der Waals surface area contributed by atoms with Gasteiger partial charge in [-0.15, -0.1) is 0 Å². The van der Waals surface area contributed by atoms with Crippen LogP contribution in [0, 0.1) is 23.3 Å². The maximum absolute atomic E-state index is 13.5. The molecule has 0 amide bonds. The fourth-order valence-electron chi connectivity index (χ4n) is 1.38. The summed E-state index contributed by atoms with van der Waals surface area (Å²) in [7, 11) is 0.777. The van der Waals surface area contributed by atoms with Crippen LogP contribution in [0.5, 0.6) is 5.75 Å². The Labute approximate surface area is 104 Å². The zero-order chi connectivity index (χ0) is 14.9. The lowest BCUT2D eigenvalue weighted by Crippen LogP contribution is -2.37. The molecule has 0 radical (unpaired) electrons. The van der Waals surface area contributed by atoms with Crippen molar-refractivity contribution in [1.29, 1.82) is 0 Å². The zero-order valence-corrected chi connectivity index (χ0v) is 9.45. The second kappa shape index (κ2) is 5.41. The van der Waals surface area contributed by atoms with Crippen molar-refractivity contribution >= 4 is 5.97 Å². The van der Waals surface area contributed by atoms with Gasteiger partial charge in [-0.3, -0.25) is 4.79 Å². The molecule has 4 N–H and O–H groups in total. The number of ether oxygens (including phenoxy) is 1. The van der Waals surface area contributed by atoms with Crippen LogP contribution in [0.25, 0.3) is 0 Å². The van der Waals surface area contributed by atoms with E-state index in [1.807, 2.05) is 0 Å². The molecule has 0 aliphatic heterocycles. The van der Waals surface area contributed by atoms with E-state index in [2.05, 4.69) is 4.74 Å². The number of aliphatic hydroxyl groups excluding tert-OH is 1. The Balaban J connectivity index is 3.49. The average molecular weight is 283 g/mol. The number of carboxylic acid groups (broad SMARTS) is 1. The Kier molecular flexibility index (Phi) is 4.32. The molecule has 0 saturated carbocycles. The van der Waals surface area contributed by atoms with Crippen LogP contribution in [0.2, 0.25) is 0 Å². The number of rotatable bonds is 4. The number of carboxylic acids is 1. The lowest BCUT2D eigenvalue weighted by Gasteiger charge is -2.18. The molecule has 0 aliphatic rings. The predicted molar refractivity (Wildman–Crippen MR) is 53.4 cm³/mol. The van der Waals surface area contributed by atoms with Gasteiger partial charge in [-0.1, -0.05) is 0 Å². The third-order valence-corrected chi connectivity index (χ3v) is 2.38. The van der Waals surface area contributed by atoms with Gasteiger partial charge in [0, 0.05) is 0 Å². The SMILES string of the molecule is COc1c(F)c(F)c(C(O)[C@H](N)C(=O)O)c(F)c1F. The second-order valence-electron chi connectivity index (χ2n) is 3.51. The number of hydrogen-bond donors (Lipinski definition) is 3. The van der Waals surface area contributed by atoms with Crippen molar-refractivity contribution in [2.75, 3.05) is 7.11 Å². The summed E-state index contributed by atoms with van der Waals surface area (Å²) in [4.78, 5) is 10.5. The van der Waals surface area contributed by atoms with Crippen LogP contribution >= 0.6 is 0 Å². The number of halogens is 4. The molecule has 0 bridgehead atoms. The molecule has 0 spiro atoms. The van der Waals surface area contributed by atoms with E-state index < -0.39 is 52.7 Å². The molecule has 0 aromatic heterocycles. The van der Waals surface area contributed by atoms with E-state index in [4.69, 9.17) is 10.8 Å². The monoisotopic (exact) mass is 283 g/mol. The first kappa shape index (κ1) is 15.2. The Morgan fingerprint density at radius 2 is 1.58 bits per heavy atom. The van der Waals surface area contributed by atoms with Gasteiger partial charge in [-0.25, -0.2) is 8.78 Å². The minimum absolute atomic E-state index is 0.777. The van der Waals surface area contributed by atoms with Crippen molar-refractivity contribution in [1.82, 2.24) is 0 Å². The summed E-state index contributed by atoms with van der Waals surface area (Å²) in [5.41, 5.74) is 3.43. The molecule has 1 unspecified atom stereocenters. The fourth-order valence-corrected chi connectivity index (χ4v) is 1.38. The molecule has 1 rings (SSSR count). The van der Waals surface area contributed by atoms with Gasteiger partial charge < -0.3 is 20.7 Å². The molecular formula is C10H9F4NO4. The molecule has 5 nitrogen and oxygen atoms in total. The lowest BCUT2D eigenvalue weighted by atomic mass is 10.0. The number of hydrogen-bond acceptors (Lipinski definition) is 4. The number of nitrogens with two attached hydrogens (primary N) is 1. The van der Waals surface area contributed by atoms with Gasteiger partial charge in [0.2, 0.25) is 11.6 Å². The van der Waals surface area contributed by atoms with Crippen LogP contribution in [0.3, 0.4) is 0 Å². The Bertz CT molecular complexity index is 494. The molecule has 1 aromatic rings. The van der Waals surface area contributed by atoms with Gasteiger partial charge in [0.25, 0.3) is 0 Å². The normalized spacial score (nSPS) is 14.1. The van der Waals surface area contributed by atoms with Gasteiger partial charge in [-0.05, 0) is 0 Å². The van der Waals surface area contributed by atoms with Crippen LogP contribution < -0.4 is 10.5 Å². The minimum atomic E-state index is -2.47. The molecule has 0 heterocycles. The van der Waals surface area contributed by atoms with Gasteiger partial charge in [-0.2, -0.15) is 8.78 Å². The van der Waals surface area contributed by atoms with Crippen molar-refractivity contribution in [3.63, 3.8) is 0 Å². The molecule has 0 fully saturated rings. The Morgan fingerprint density at radius 3 is 1.89 bits per heavy atom. The van der Waals surface area contributed by atoms with Gasteiger partial charge >= 0.3 is 5.97 Å². The van der Waals surface area contributed by atoms with Crippen LogP contribution in [0.15, 0.2) is 0 Å². The summed E-state index contributed by atoms with van der Waals surface area (Å²) in [5, 5.41) is 17.9. The fraction of sp³-hybridized carbons (Fsp3) is 0.300. The molecule has 1 aromatic carbocycles. The van der Waals surface area contributed by atoms with Crippen LogP contribution in [0.1, 0.15) is 11.7 Å². The van der Waals surface area contributed by atoms with Gasteiger partial charge in [0.05, 0.1) is 12.7 Å². The first-order chi connectivity index (χ1) is 8.73. The second-order valence-corrected chi connectivity index (χ2v) is 3.51. The summed E-state index contributed by atoms with van der Waals surface area (Å²) in [6.45, 7) is 0. The van der Waals surface area contributed by atoms with E-state index in [-0.39, 0.29) is 0 Å². The lowest BCUT2D eigenvalue weighted by molar-refractivity contribution is -0.141. The summed E-state index contributed by atoms with van der Waals surface area (Å²) in [6.07, 6.45) is -2.47. The van der Waals surface area contributed by atoms with E-state index in [1.165, 1.54) is 0 Å². The Hall–Kier alpha value is -1.87. The average Bonchev–Trinajstić information content (AvgIpc) is 2.36. The highest BCUT2D eigenvalue weighted by Gasteiger charge is 2.34. The first-order valence-corrected chi connectivity index (χ1v) is 4.80. The highest BCUT2D eigenvalue weighted by molar-refractivity contribution is 5.74. The summed E-state index contributed by atoms with van der Waals surface area (Å²) >= 11 is 0. The number of carbonyl (C=O) groups is 1. The molecule has 0 saturated heterocycles. The van der Waals surface area contributed by atoms with E-state index in [9.17, 15) is 27.5 Å². The molecule has 2 atom stereocenters. The highest BCUT2D eigenvalue weighted by atomic mass is 19.2. The third kappa shape index (κ3) is 2.47. The molecule has 9 heteroatoms. The van der Waals surface area contributed by atoms with Gasteiger partial charge in [0.1, 0.15) is 12.1 Å². The highest BCUT2D eigenvalue weighted by Crippen LogP contribution is 2.33. The maximum Gasteiger partial charge on any atom is 0.323 e. The van der Waals surface area contributed by atoms with Crippen molar-refractivity contribution < 1.29 is 37.3 Å². The molecule has 19 heavy (non-hydrogen) atoms. The zero-order valence-electron chi connectivity index (χ0n) is 9.45. The standard InChI is InChI=1S/C10H9F4NO4/c1-19-9-5(13)3(11)2(4(12)6(9)14)8(16)7(15)10(17)18/h7-8,16H,15H2,1H3,(H,17,18)/t7-,8?/m0/s1. The third-order valence-electron chi connectivity index (χ3n) is 2.38. The van der Waals surface area contributed by atoms with Gasteiger partial charge in [0.15, 0.2) is 17.4 Å². The number of aliphatic carboxylic acids is 1. The maximum atomic E-state index is 13.5. The van der Waals surface area contributed by atoms with Crippen LogP contribution in [-0.2, 0) is 4.79 Å². The molecule has 106 valence electrons. The smallest absolute Gasteiger partial charge is 0.323 e. The number of methoxy groups -OCH3 is 1. The summed E-state index contributed by atoms with van der Waals surface area (Å²) in [5.74, 6) is -10.9. The quantitative estimate of drug-likeness (QED) is 0.558. The predicted octanol–water partition coefficient (Wildman–Crippen LogP) is 0.697. The van der Waals surface area contributed by atoms with Crippen LogP contribution in [-0.4, -0.2) is 29.3 Å². The largest absolute Gasteiger partial charge is 0.491 e. The van der Waals surface area contributed by atoms with E-state index in [0.717, 1.165) is 7.11 Å². The van der Waals surface area contributed by atoms with Crippen molar-refractivity contribution in [3.8, 4) is 5.75 Å². The summed E-state index contributed by atoms with van der Waals surface area (Å²) < 4.78 is 57.8. The topological polar surface area (TPSA) is 92.8 Å². The molecule has 0 aliphatic carbocycles. The van der Waals surface area contributed by atoms with Crippen LogP contribution in [0.4, 0.5) is 17.6 Å². The first-order valence-electron chi connectivity index (χ1n) is 4.80.